The van der Waals surface area contributed by atoms with Crippen LogP contribution in [0.2, 0.25) is 0 Å². The lowest BCUT2D eigenvalue weighted by atomic mass is 10.2. The first kappa shape index (κ1) is 17.1. The Labute approximate surface area is 151 Å². The molecule has 7 nitrogen and oxygen atoms in total. The highest BCUT2D eigenvalue weighted by Gasteiger charge is 2.37. The van der Waals surface area contributed by atoms with E-state index < -0.39 is 12.0 Å². The molecule has 140 valence electrons. The standard InChI is InChI=1S/C17H14F3N5O2/c1-10-7-24-9-13(21-16(24)27-10)14-22-15(17(18,19)20)23-25(14)8-11-3-5-12(26-2)6-4-11/h3-7,9H,8H2,1-2H3. The van der Waals surface area contributed by atoms with Crippen LogP contribution in [0.15, 0.2) is 41.1 Å². The fourth-order valence-corrected chi connectivity index (χ4v) is 2.68. The van der Waals surface area contributed by atoms with E-state index >= 15 is 0 Å². The number of benzene rings is 1. The van der Waals surface area contributed by atoms with Gasteiger partial charge in [-0.3, -0.25) is 4.40 Å². The number of hydrogen-bond donors (Lipinski definition) is 0. The minimum atomic E-state index is -4.66. The summed E-state index contributed by atoms with van der Waals surface area (Å²) in [5, 5.41) is 3.64. The highest BCUT2D eigenvalue weighted by Crippen LogP contribution is 2.29. The number of aromatic nitrogens is 5. The summed E-state index contributed by atoms with van der Waals surface area (Å²) >= 11 is 0. The zero-order valence-corrected chi connectivity index (χ0v) is 14.4. The number of fused-ring (bicyclic) bond motifs is 1. The number of rotatable bonds is 4. The Balaban J connectivity index is 1.76. The monoisotopic (exact) mass is 377 g/mol. The fraction of sp³-hybridized carbons (Fsp3) is 0.235. The van der Waals surface area contributed by atoms with Crippen molar-refractivity contribution < 1.29 is 22.3 Å². The van der Waals surface area contributed by atoms with Gasteiger partial charge in [0.1, 0.15) is 17.2 Å². The fourth-order valence-electron chi connectivity index (χ4n) is 2.68. The van der Waals surface area contributed by atoms with Crippen LogP contribution in [0.3, 0.4) is 0 Å². The molecule has 1 aromatic carbocycles. The van der Waals surface area contributed by atoms with E-state index in [2.05, 4.69) is 15.1 Å². The normalized spacial score (nSPS) is 12.0. The topological polar surface area (TPSA) is 70.4 Å². The lowest BCUT2D eigenvalue weighted by Gasteiger charge is -2.06. The quantitative estimate of drug-likeness (QED) is 0.544. The third kappa shape index (κ3) is 3.25. The molecular formula is C17H14F3N5O2. The summed E-state index contributed by atoms with van der Waals surface area (Å²) in [7, 11) is 1.54. The number of aryl methyl sites for hydroxylation is 1. The van der Waals surface area contributed by atoms with E-state index in [0.717, 1.165) is 5.56 Å². The maximum absolute atomic E-state index is 13.1. The summed E-state index contributed by atoms with van der Waals surface area (Å²) in [6, 6.07) is 6.95. The van der Waals surface area contributed by atoms with E-state index in [-0.39, 0.29) is 23.9 Å². The number of methoxy groups -OCH3 is 1. The minimum Gasteiger partial charge on any atom is -0.497 e. The maximum atomic E-state index is 13.1. The summed E-state index contributed by atoms with van der Waals surface area (Å²) < 4.78 is 52.6. The Bertz CT molecular complexity index is 1060. The van der Waals surface area contributed by atoms with E-state index in [0.29, 0.717) is 11.5 Å². The molecule has 0 N–H and O–H groups in total. The van der Waals surface area contributed by atoms with E-state index in [9.17, 15) is 13.2 Å². The number of ether oxygens (including phenoxy) is 1. The van der Waals surface area contributed by atoms with Gasteiger partial charge in [-0.25, -0.2) is 9.67 Å². The lowest BCUT2D eigenvalue weighted by molar-refractivity contribution is -0.144. The molecule has 3 aromatic heterocycles. The maximum Gasteiger partial charge on any atom is 0.453 e. The molecule has 0 spiro atoms. The summed E-state index contributed by atoms with van der Waals surface area (Å²) in [4.78, 5) is 7.88. The van der Waals surface area contributed by atoms with Gasteiger partial charge in [0.15, 0.2) is 5.82 Å². The molecule has 0 saturated carbocycles. The van der Waals surface area contributed by atoms with Crippen molar-refractivity contribution in [2.45, 2.75) is 19.6 Å². The molecule has 0 unspecified atom stereocenters. The van der Waals surface area contributed by atoms with Crippen LogP contribution in [0.1, 0.15) is 17.1 Å². The van der Waals surface area contributed by atoms with Crippen LogP contribution in [0.5, 0.6) is 5.75 Å². The summed E-state index contributed by atoms with van der Waals surface area (Å²) in [5.41, 5.74) is 0.986. The molecule has 0 atom stereocenters. The summed E-state index contributed by atoms with van der Waals surface area (Å²) in [6.45, 7) is 1.85. The first-order chi connectivity index (χ1) is 12.8. The smallest absolute Gasteiger partial charge is 0.453 e. The first-order valence-corrected chi connectivity index (χ1v) is 7.94. The highest BCUT2D eigenvalue weighted by atomic mass is 19.4. The van der Waals surface area contributed by atoms with Gasteiger partial charge >= 0.3 is 12.0 Å². The van der Waals surface area contributed by atoms with Gasteiger partial charge in [0.2, 0.25) is 0 Å². The first-order valence-electron chi connectivity index (χ1n) is 7.94. The van der Waals surface area contributed by atoms with Crippen LogP contribution in [-0.4, -0.2) is 31.3 Å². The molecule has 0 aliphatic rings. The van der Waals surface area contributed by atoms with Crippen molar-refractivity contribution in [2.24, 2.45) is 0 Å². The van der Waals surface area contributed by atoms with Gasteiger partial charge < -0.3 is 9.15 Å². The molecule has 0 saturated heterocycles. The summed E-state index contributed by atoms with van der Waals surface area (Å²) in [5.74, 6) is 0.356. The van der Waals surface area contributed by atoms with Crippen molar-refractivity contribution in [3.63, 3.8) is 0 Å². The third-order valence-corrected chi connectivity index (χ3v) is 3.92. The van der Waals surface area contributed by atoms with Crippen LogP contribution in [0.4, 0.5) is 13.2 Å². The molecule has 4 rings (SSSR count). The zero-order valence-electron chi connectivity index (χ0n) is 14.4. The van der Waals surface area contributed by atoms with Crippen LogP contribution < -0.4 is 4.74 Å². The van der Waals surface area contributed by atoms with Gasteiger partial charge in [-0.15, -0.1) is 5.10 Å². The SMILES string of the molecule is COc1ccc(Cn2nc(C(F)(F)F)nc2-c2cn3cc(C)oc3n2)cc1. The number of imidazole rings is 1. The number of hydrogen-bond acceptors (Lipinski definition) is 5. The molecule has 4 aromatic rings. The van der Waals surface area contributed by atoms with E-state index in [1.165, 1.54) is 11.8 Å². The van der Waals surface area contributed by atoms with Gasteiger partial charge in [-0.05, 0) is 24.6 Å². The van der Waals surface area contributed by atoms with Crippen molar-refractivity contribution in [1.29, 1.82) is 0 Å². The molecule has 0 bridgehead atoms. The Morgan fingerprint density at radius 2 is 1.85 bits per heavy atom. The average molecular weight is 377 g/mol. The van der Waals surface area contributed by atoms with Crippen molar-refractivity contribution in [3.05, 3.63) is 53.8 Å². The second kappa shape index (κ2) is 6.15. The van der Waals surface area contributed by atoms with Gasteiger partial charge in [-0.1, -0.05) is 12.1 Å². The van der Waals surface area contributed by atoms with Crippen LogP contribution >= 0.6 is 0 Å². The van der Waals surface area contributed by atoms with Crippen molar-refractivity contribution in [1.82, 2.24) is 24.1 Å². The van der Waals surface area contributed by atoms with E-state index in [4.69, 9.17) is 9.15 Å². The van der Waals surface area contributed by atoms with Gasteiger partial charge in [0.05, 0.1) is 19.9 Å². The van der Waals surface area contributed by atoms with Gasteiger partial charge in [-0.2, -0.15) is 18.2 Å². The number of oxazole rings is 1. The Morgan fingerprint density at radius 1 is 1.11 bits per heavy atom. The van der Waals surface area contributed by atoms with Crippen LogP contribution in [0.25, 0.3) is 17.4 Å². The second-order valence-electron chi connectivity index (χ2n) is 5.92. The number of halogens is 3. The molecule has 3 heterocycles. The van der Waals surface area contributed by atoms with Crippen molar-refractivity contribution >= 4 is 5.84 Å². The molecule has 0 amide bonds. The van der Waals surface area contributed by atoms with E-state index in [1.807, 2.05) is 0 Å². The third-order valence-electron chi connectivity index (χ3n) is 3.92. The summed E-state index contributed by atoms with van der Waals surface area (Å²) in [6.07, 6.45) is -1.42. The zero-order chi connectivity index (χ0) is 19.2. The molecule has 0 aliphatic heterocycles. The molecule has 10 heteroatoms. The Hall–Kier alpha value is -3.30. The number of alkyl halides is 3. The second-order valence-corrected chi connectivity index (χ2v) is 5.92. The minimum absolute atomic E-state index is 0.00898. The lowest BCUT2D eigenvalue weighted by Crippen LogP contribution is -2.09. The highest BCUT2D eigenvalue weighted by molar-refractivity contribution is 5.53. The molecule has 0 aliphatic carbocycles. The van der Waals surface area contributed by atoms with Crippen LogP contribution in [-0.2, 0) is 12.7 Å². The largest absolute Gasteiger partial charge is 0.497 e. The van der Waals surface area contributed by atoms with Gasteiger partial charge in [0.25, 0.3) is 5.82 Å². The van der Waals surface area contributed by atoms with Crippen molar-refractivity contribution in [2.75, 3.05) is 7.11 Å². The Kier molecular flexibility index (Phi) is 3.90. The Morgan fingerprint density at radius 3 is 2.48 bits per heavy atom. The molecular weight excluding hydrogens is 363 g/mol. The molecule has 0 fully saturated rings. The van der Waals surface area contributed by atoms with Gasteiger partial charge in [0, 0.05) is 6.20 Å². The molecule has 0 radical (unpaired) electrons. The predicted molar refractivity (Wildman–Crippen MR) is 88.3 cm³/mol. The van der Waals surface area contributed by atoms with Crippen molar-refractivity contribution in [3.8, 4) is 17.3 Å². The number of nitrogens with zero attached hydrogens (tertiary/aromatic N) is 5. The molecule has 27 heavy (non-hydrogen) atoms. The van der Waals surface area contributed by atoms with E-state index in [1.54, 1.807) is 48.0 Å². The van der Waals surface area contributed by atoms with Crippen LogP contribution in [0, 0.1) is 6.92 Å². The average Bonchev–Trinajstić information content (AvgIpc) is 3.27. The predicted octanol–water partition coefficient (Wildman–Crippen LogP) is 3.57.